The van der Waals surface area contributed by atoms with Crippen LogP contribution in [0.4, 0.5) is 20.4 Å². The zero-order valence-corrected chi connectivity index (χ0v) is 25.1. The predicted octanol–water partition coefficient (Wildman–Crippen LogP) is 5.83. The molecule has 4 aromatic rings. The van der Waals surface area contributed by atoms with Crippen LogP contribution in [0.1, 0.15) is 36.9 Å². The molecule has 0 amide bonds. The molecule has 0 spiro atoms. The number of aromatic nitrogens is 3. The van der Waals surface area contributed by atoms with Crippen LogP contribution in [-0.2, 0) is 17.6 Å². The first-order valence-corrected chi connectivity index (χ1v) is 15.3. The summed E-state index contributed by atoms with van der Waals surface area (Å²) in [5.41, 5.74) is 3.89. The number of unbranched alkanes of at least 4 members (excludes halogenated alkanes) is 1. The SMILES string of the molecule is O=C(O)[C@H](CCN(CCCCc1ccc2c(n1)NCCC2)CCOc1cc(F)cc(F)c1)Nc1cc(-c2ccccc2)ncn1. The van der Waals surface area contributed by atoms with E-state index in [0.29, 0.717) is 37.6 Å². The molecule has 2 aromatic carbocycles. The molecule has 1 aliphatic rings. The van der Waals surface area contributed by atoms with Gasteiger partial charge in [-0.3, -0.25) is 4.90 Å². The second kappa shape index (κ2) is 15.9. The van der Waals surface area contributed by atoms with E-state index in [1.807, 2.05) is 30.3 Å². The number of ether oxygens (including phenoxy) is 1. The molecule has 0 fully saturated rings. The van der Waals surface area contributed by atoms with Gasteiger partial charge in [0.15, 0.2) is 0 Å². The summed E-state index contributed by atoms with van der Waals surface area (Å²) in [7, 11) is 0. The van der Waals surface area contributed by atoms with E-state index in [2.05, 4.69) is 37.6 Å². The zero-order chi connectivity index (χ0) is 31.4. The van der Waals surface area contributed by atoms with Crippen LogP contribution in [0.15, 0.2) is 73.1 Å². The number of aryl methyl sites for hydroxylation is 2. The lowest BCUT2D eigenvalue weighted by Crippen LogP contribution is -2.37. The van der Waals surface area contributed by atoms with Gasteiger partial charge in [0.05, 0.1) is 5.69 Å². The van der Waals surface area contributed by atoms with Gasteiger partial charge in [-0.05, 0) is 56.7 Å². The minimum atomic E-state index is -0.992. The van der Waals surface area contributed by atoms with Crippen molar-refractivity contribution in [2.45, 2.75) is 44.6 Å². The molecule has 0 bridgehead atoms. The van der Waals surface area contributed by atoms with E-state index in [0.717, 1.165) is 73.9 Å². The van der Waals surface area contributed by atoms with Crippen molar-refractivity contribution in [3.05, 3.63) is 95.9 Å². The van der Waals surface area contributed by atoms with Crippen molar-refractivity contribution in [3.8, 4) is 17.0 Å². The zero-order valence-electron chi connectivity index (χ0n) is 25.1. The molecule has 1 atom stereocenters. The van der Waals surface area contributed by atoms with Gasteiger partial charge in [0, 0.05) is 55.2 Å². The van der Waals surface area contributed by atoms with Gasteiger partial charge in [-0.2, -0.15) is 0 Å². The van der Waals surface area contributed by atoms with E-state index in [4.69, 9.17) is 9.72 Å². The van der Waals surface area contributed by atoms with Crippen LogP contribution in [0.25, 0.3) is 11.3 Å². The van der Waals surface area contributed by atoms with Gasteiger partial charge in [0.1, 0.15) is 48.0 Å². The largest absolute Gasteiger partial charge is 0.492 e. The van der Waals surface area contributed by atoms with E-state index < -0.39 is 23.6 Å². The van der Waals surface area contributed by atoms with Crippen molar-refractivity contribution in [1.82, 2.24) is 19.9 Å². The Morgan fingerprint density at radius 2 is 1.82 bits per heavy atom. The Morgan fingerprint density at radius 1 is 1.00 bits per heavy atom. The molecule has 11 heteroatoms. The summed E-state index contributed by atoms with van der Waals surface area (Å²) in [6.07, 6.45) is 6.47. The number of benzene rings is 2. The van der Waals surface area contributed by atoms with E-state index in [1.165, 1.54) is 11.9 Å². The highest BCUT2D eigenvalue weighted by Crippen LogP contribution is 2.21. The Bertz CT molecular complexity index is 1540. The number of carboxylic acid groups (broad SMARTS) is 1. The molecular weight excluding hydrogens is 578 g/mol. The number of carbonyl (C=O) groups is 1. The lowest BCUT2D eigenvalue weighted by atomic mass is 10.1. The van der Waals surface area contributed by atoms with Crippen molar-refractivity contribution in [2.75, 3.05) is 43.4 Å². The first-order valence-electron chi connectivity index (χ1n) is 15.3. The summed E-state index contributed by atoms with van der Waals surface area (Å²) in [6, 6.07) is 17.8. The molecule has 9 nitrogen and oxygen atoms in total. The Labute approximate surface area is 261 Å². The fourth-order valence-corrected chi connectivity index (χ4v) is 5.34. The monoisotopic (exact) mass is 616 g/mol. The van der Waals surface area contributed by atoms with Gasteiger partial charge in [-0.25, -0.2) is 28.5 Å². The molecule has 1 aliphatic heterocycles. The topological polar surface area (TPSA) is 112 Å². The van der Waals surface area contributed by atoms with Gasteiger partial charge >= 0.3 is 5.97 Å². The second-order valence-electron chi connectivity index (χ2n) is 11.1. The standard InChI is InChI=1S/C34H38F2N6O3/c35-26-19-27(36)21-29(20-26)45-18-17-42(15-5-4-10-28-12-11-25-9-6-14-37-33(25)40-28)16-13-30(34(43)44)41-32-22-31(38-23-39-32)24-7-2-1-3-8-24/h1-3,7-8,11-12,19-23,30H,4-6,9-10,13-18H2,(H,37,40)(H,43,44)(H,38,39,41)/t30-/m0/s1. The number of halogens is 2. The number of rotatable bonds is 16. The van der Waals surface area contributed by atoms with Crippen LogP contribution in [0, 0.1) is 11.6 Å². The Balaban J connectivity index is 1.18. The highest BCUT2D eigenvalue weighted by atomic mass is 19.1. The smallest absolute Gasteiger partial charge is 0.326 e. The number of pyridine rings is 1. The minimum absolute atomic E-state index is 0.114. The predicted molar refractivity (Wildman–Crippen MR) is 169 cm³/mol. The Kier molecular flexibility index (Phi) is 11.2. The summed E-state index contributed by atoms with van der Waals surface area (Å²) in [4.78, 5) is 27.7. The quantitative estimate of drug-likeness (QED) is 0.134. The number of anilines is 2. The van der Waals surface area contributed by atoms with Crippen molar-refractivity contribution in [2.24, 2.45) is 0 Å². The maximum Gasteiger partial charge on any atom is 0.326 e. The van der Waals surface area contributed by atoms with Crippen LogP contribution in [0.5, 0.6) is 5.75 Å². The second-order valence-corrected chi connectivity index (χ2v) is 11.1. The van der Waals surface area contributed by atoms with E-state index in [9.17, 15) is 18.7 Å². The third kappa shape index (κ3) is 9.67. The van der Waals surface area contributed by atoms with Crippen LogP contribution in [0.3, 0.4) is 0 Å². The van der Waals surface area contributed by atoms with Crippen molar-refractivity contribution < 1.29 is 23.4 Å². The van der Waals surface area contributed by atoms with Gasteiger partial charge in [-0.1, -0.05) is 36.4 Å². The van der Waals surface area contributed by atoms with Crippen LogP contribution < -0.4 is 15.4 Å². The highest BCUT2D eigenvalue weighted by Gasteiger charge is 2.20. The van der Waals surface area contributed by atoms with Gasteiger partial charge in [0.25, 0.3) is 0 Å². The van der Waals surface area contributed by atoms with E-state index >= 15 is 0 Å². The molecule has 45 heavy (non-hydrogen) atoms. The molecule has 0 unspecified atom stereocenters. The molecule has 0 saturated carbocycles. The third-order valence-corrected chi connectivity index (χ3v) is 7.71. The lowest BCUT2D eigenvalue weighted by molar-refractivity contribution is -0.138. The molecule has 3 N–H and O–H groups in total. The van der Waals surface area contributed by atoms with Crippen molar-refractivity contribution >= 4 is 17.6 Å². The summed E-state index contributed by atoms with van der Waals surface area (Å²) in [5, 5.41) is 16.4. The summed E-state index contributed by atoms with van der Waals surface area (Å²) < 4.78 is 32.9. The fourth-order valence-electron chi connectivity index (χ4n) is 5.34. The molecule has 5 rings (SSSR count). The van der Waals surface area contributed by atoms with Crippen LogP contribution in [-0.4, -0.2) is 69.8 Å². The number of nitrogens with one attached hydrogen (secondary N) is 2. The van der Waals surface area contributed by atoms with Crippen LogP contribution in [0.2, 0.25) is 0 Å². The number of hydrogen-bond donors (Lipinski definition) is 3. The summed E-state index contributed by atoms with van der Waals surface area (Å²) in [5.74, 6) is -0.882. The molecule has 0 radical (unpaired) electrons. The van der Waals surface area contributed by atoms with E-state index in [1.54, 1.807) is 6.07 Å². The van der Waals surface area contributed by atoms with Crippen molar-refractivity contribution in [1.29, 1.82) is 0 Å². The Morgan fingerprint density at radius 3 is 2.62 bits per heavy atom. The number of hydrogen-bond acceptors (Lipinski definition) is 8. The highest BCUT2D eigenvalue weighted by molar-refractivity contribution is 5.77. The summed E-state index contributed by atoms with van der Waals surface area (Å²) in [6.45, 7) is 2.75. The molecule has 0 saturated heterocycles. The average Bonchev–Trinajstić information content (AvgIpc) is 3.04. The van der Waals surface area contributed by atoms with Gasteiger partial charge < -0.3 is 20.5 Å². The van der Waals surface area contributed by atoms with Gasteiger partial charge in [-0.15, -0.1) is 0 Å². The molecule has 2 aromatic heterocycles. The Hall–Kier alpha value is -4.64. The molecule has 0 aliphatic carbocycles. The van der Waals surface area contributed by atoms with Crippen LogP contribution >= 0.6 is 0 Å². The average molecular weight is 617 g/mol. The fraction of sp³-hybridized carbons (Fsp3) is 0.353. The number of aliphatic carboxylic acids is 1. The number of carboxylic acids is 1. The van der Waals surface area contributed by atoms with Gasteiger partial charge in [0.2, 0.25) is 0 Å². The molecule has 236 valence electrons. The summed E-state index contributed by atoms with van der Waals surface area (Å²) >= 11 is 0. The van der Waals surface area contributed by atoms with Crippen molar-refractivity contribution in [3.63, 3.8) is 0 Å². The third-order valence-electron chi connectivity index (χ3n) is 7.71. The molecular formula is C34H38F2N6O3. The normalized spacial score (nSPS) is 13.1. The lowest BCUT2D eigenvalue weighted by Gasteiger charge is -2.25. The first-order chi connectivity index (χ1) is 21.9. The molecule has 3 heterocycles. The van der Waals surface area contributed by atoms with E-state index in [-0.39, 0.29) is 12.4 Å². The maximum atomic E-state index is 13.6. The maximum absolute atomic E-state index is 13.6. The number of nitrogens with zero attached hydrogens (tertiary/aromatic N) is 4. The first kappa shape index (κ1) is 31.8. The minimum Gasteiger partial charge on any atom is -0.492 e. The number of fused-ring (bicyclic) bond motifs is 1.